The first-order valence-electron chi connectivity index (χ1n) is 5.67. The summed E-state index contributed by atoms with van der Waals surface area (Å²) in [6.45, 7) is 4.81. The molecule has 0 heterocycles. The number of benzene rings is 1. The molecule has 0 aliphatic rings. The minimum atomic E-state index is -3.44. The van der Waals surface area contributed by atoms with Crippen molar-refractivity contribution in [1.29, 1.82) is 0 Å². The zero-order valence-electron chi connectivity index (χ0n) is 10.7. The molecule has 0 fully saturated rings. The van der Waals surface area contributed by atoms with Gasteiger partial charge in [0.1, 0.15) is 12.4 Å². The molecule has 1 aromatic carbocycles. The number of nitrogens with two attached hydrogens (primary N) is 1. The van der Waals surface area contributed by atoms with Crippen LogP contribution in [-0.4, -0.2) is 34.0 Å². The van der Waals surface area contributed by atoms with Gasteiger partial charge in [-0.3, -0.25) is 0 Å². The molecule has 2 N–H and O–H groups in total. The third kappa shape index (κ3) is 6.00. The summed E-state index contributed by atoms with van der Waals surface area (Å²) < 4.78 is 31.9. The van der Waals surface area contributed by atoms with Crippen LogP contribution >= 0.6 is 0 Å². The van der Waals surface area contributed by atoms with Crippen LogP contribution in [0.15, 0.2) is 18.2 Å². The predicted molar refractivity (Wildman–Crippen MR) is 70.2 cm³/mol. The molecule has 0 aliphatic carbocycles. The molecule has 0 saturated heterocycles. The Labute approximate surface area is 108 Å². The molecular weight excluding hydrogens is 254 g/mol. The van der Waals surface area contributed by atoms with Gasteiger partial charge < -0.3 is 9.47 Å². The number of hydrogen-bond donors (Lipinski definition) is 1. The quantitative estimate of drug-likeness (QED) is 0.751. The lowest BCUT2D eigenvalue weighted by Crippen LogP contribution is -2.21. The second-order valence-electron chi connectivity index (χ2n) is 4.10. The summed E-state index contributed by atoms with van der Waals surface area (Å²) in [4.78, 5) is 0. The van der Waals surface area contributed by atoms with E-state index < -0.39 is 10.0 Å². The highest BCUT2D eigenvalue weighted by Crippen LogP contribution is 2.18. The summed E-state index contributed by atoms with van der Waals surface area (Å²) >= 11 is 0. The molecule has 6 heteroatoms. The fourth-order valence-electron chi connectivity index (χ4n) is 1.45. The summed E-state index contributed by atoms with van der Waals surface area (Å²) in [7, 11) is -3.44. The number of hydrogen-bond acceptors (Lipinski definition) is 4. The lowest BCUT2D eigenvalue weighted by molar-refractivity contribution is 0.111. The van der Waals surface area contributed by atoms with E-state index in [9.17, 15) is 8.42 Å². The SMILES string of the molecule is Cc1ccc(OCCOCCS(N)(=O)=O)c(C)c1. The second-order valence-corrected chi connectivity index (χ2v) is 5.83. The number of ether oxygens (including phenoxy) is 2. The van der Waals surface area contributed by atoms with E-state index in [1.54, 1.807) is 0 Å². The van der Waals surface area contributed by atoms with Crippen molar-refractivity contribution in [3.8, 4) is 5.75 Å². The van der Waals surface area contributed by atoms with Gasteiger partial charge in [-0.15, -0.1) is 0 Å². The lowest BCUT2D eigenvalue weighted by Gasteiger charge is -2.09. The van der Waals surface area contributed by atoms with E-state index in [-0.39, 0.29) is 12.4 Å². The van der Waals surface area contributed by atoms with Gasteiger partial charge in [0.05, 0.1) is 19.0 Å². The molecule has 18 heavy (non-hydrogen) atoms. The number of sulfonamides is 1. The molecular formula is C12H19NO4S. The number of primary sulfonamides is 1. The van der Waals surface area contributed by atoms with Crippen molar-refractivity contribution < 1.29 is 17.9 Å². The standard InChI is InChI=1S/C12H19NO4S/c1-10-3-4-12(11(2)9-10)17-6-5-16-7-8-18(13,14)15/h3-4,9H,5-8H2,1-2H3,(H2,13,14,15). The molecule has 0 unspecified atom stereocenters. The maximum Gasteiger partial charge on any atom is 0.211 e. The molecule has 0 spiro atoms. The van der Waals surface area contributed by atoms with E-state index in [0.29, 0.717) is 13.2 Å². The van der Waals surface area contributed by atoms with E-state index in [2.05, 4.69) is 0 Å². The van der Waals surface area contributed by atoms with Crippen molar-refractivity contribution in [3.63, 3.8) is 0 Å². The molecule has 1 aromatic rings. The average molecular weight is 273 g/mol. The molecule has 0 aromatic heterocycles. The topological polar surface area (TPSA) is 78.6 Å². The van der Waals surface area contributed by atoms with Crippen molar-refractivity contribution in [2.45, 2.75) is 13.8 Å². The van der Waals surface area contributed by atoms with Crippen LogP contribution in [0.2, 0.25) is 0 Å². The Bertz CT molecular complexity index is 485. The Kier molecular flexibility index (Phi) is 5.58. The van der Waals surface area contributed by atoms with Crippen molar-refractivity contribution >= 4 is 10.0 Å². The first kappa shape index (κ1) is 14.9. The van der Waals surface area contributed by atoms with E-state index in [1.807, 2.05) is 32.0 Å². The van der Waals surface area contributed by atoms with E-state index >= 15 is 0 Å². The van der Waals surface area contributed by atoms with Gasteiger partial charge in [-0.05, 0) is 25.5 Å². The summed E-state index contributed by atoms with van der Waals surface area (Å²) in [5, 5.41) is 4.84. The Morgan fingerprint density at radius 1 is 1.17 bits per heavy atom. The Morgan fingerprint density at radius 3 is 2.50 bits per heavy atom. The van der Waals surface area contributed by atoms with E-state index in [4.69, 9.17) is 14.6 Å². The monoisotopic (exact) mass is 273 g/mol. The normalized spacial score (nSPS) is 11.5. The van der Waals surface area contributed by atoms with Crippen LogP contribution in [0.1, 0.15) is 11.1 Å². The van der Waals surface area contributed by atoms with Crippen molar-refractivity contribution in [3.05, 3.63) is 29.3 Å². The maximum atomic E-state index is 10.6. The second kappa shape index (κ2) is 6.72. The average Bonchev–Trinajstić information content (AvgIpc) is 2.24. The molecule has 5 nitrogen and oxygen atoms in total. The Morgan fingerprint density at radius 2 is 1.89 bits per heavy atom. The van der Waals surface area contributed by atoms with Crippen LogP contribution in [0.25, 0.3) is 0 Å². The van der Waals surface area contributed by atoms with Crippen LogP contribution in [0.5, 0.6) is 5.75 Å². The highest BCUT2D eigenvalue weighted by atomic mass is 32.2. The fourth-order valence-corrected chi connectivity index (χ4v) is 1.80. The van der Waals surface area contributed by atoms with Gasteiger partial charge in [0.2, 0.25) is 10.0 Å². The molecule has 0 aliphatic heterocycles. The Hall–Kier alpha value is -1.11. The first-order chi connectivity index (χ1) is 8.38. The van der Waals surface area contributed by atoms with Crippen LogP contribution in [0.4, 0.5) is 0 Å². The zero-order valence-corrected chi connectivity index (χ0v) is 11.5. The molecule has 0 saturated carbocycles. The molecule has 0 atom stereocenters. The summed E-state index contributed by atoms with van der Waals surface area (Å²) in [5.41, 5.74) is 2.25. The van der Waals surface area contributed by atoms with Crippen LogP contribution < -0.4 is 9.88 Å². The molecule has 102 valence electrons. The van der Waals surface area contributed by atoms with Gasteiger partial charge in [-0.2, -0.15) is 0 Å². The predicted octanol–water partition coefficient (Wildman–Crippen LogP) is 0.987. The minimum Gasteiger partial charge on any atom is -0.491 e. The minimum absolute atomic E-state index is 0.0923. The van der Waals surface area contributed by atoms with Crippen molar-refractivity contribution in [2.75, 3.05) is 25.6 Å². The van der Waals surface area contributed by atoms with Crippen molar-refractivity contribution in [2.24, 2.45) is 5.14 Å². The maximum absolute atomic E-state index is 10.6. The lowest BCUT2D eigenvalue weighted by atomic mass is 10.1. The third-order valence-corrected chi connectivity index (χ3v) is 3.06. The molecule has 0 bridgehead atoms. The van der Waals surface area contributed by atoms with Gasteiger partial charge in [-0.25, -0.2) is 13.6 Å². The van der Waals surface area contributed by atoms with Crippen LogP contribution in [0.3, 0.4) is 0 Å². The van der Waals surface area contributed by atoms with Gasteiger partial charge in [0, 0.05) is 0 Å². The van der Waals surface area contributed by atoms with E-state index in [0.717, 1.165) is 11.3 Å². The molecule has 1 rings (SSSR count). The molecule has 0 amide bonds. The smallest absolute Gasteiger partial charge is 0.211 e. The number of aryl methyl sites for hydroxylation is 2. The van der Waals surface area contributed by atoms with Gasteiger partial charge in [0.25, 0.3) is 0 Å². The summed E-state index contributed by atoms with van der Waals surface area (Å²) in [6, 6.07) is 5.93. The van der Waals surface area contributed by atoms with Crippen molar-refractivity contribution in [1.82, 2.24) is 0 Å². The summed E-state index contributed by atoms with van der Waals surface area (Å²) in [6.07, 6.45) is 0. The summed E-state index contributed by atoms with van der Waals surface area (Å²) in [5.74, 6) is 0.645. The van der Waals surface area contributed by atoms with Gasteiger partial charge in [-0.1, -0.05) is 17.7 Å². The zero-order chi connectivity index (χ0) is 13.6. The van der Waals surface area contributed by atoms with Crippen LogP contribution in [-0.2, 0) is 14.8 Å². The first-order valence-corrected chi connectivity index (χ1v) is 7.38. The number of rotatable bonds is 7. The van der Waals surface area contributed by atoms with Crippen LogP contribution in [0, 0.1) is 13.8 Å². The van der Waals surface area contributed by atoms with Gasteiger partial charge >= 0.3 is 0 Å². The highest BCUT2D eigenvalue weighted by Gasteiger charge is 2.02. The Balaban J connectivity index is 2.22. The fraction of sp³-hybridized carbons (Fsp3) is 0.500. The molecule has 0 radical (unpaired) electrons. The third-order valence-electron chi connectivity index (χ3n) is 2.33. The largest absolute Gasteiger partial charge is 0.491 e. The highest BCUT2D eigenvalue weighted by molar-refractivity contribution is 7.89. The van der Waals surface area contributed by atoms with Gasteiger partial charge in [0.15, 0.2) is 0 Å². The van der Waals surface area contributed by atoms with E-state index in [1.165, 1.54) is 5.56 Å².